The van der Waals surface area contributed by atoms with E-state index in [0.29, 0.717) is 22.8 Å². The Morgan fingerprint density at radius 1 is 1.22 bits per heavy atom. The zero-order valence-electron chi connectivity index (χ0n) is 27.8. The Kier molecular flexibility index (Phi) is 9.89. The number of aryl methyl sites for hydroxylation is 1. The van der Waals surface area contributed by atoms with Crippen LogP contribution < -0.4 is 26.8 Å². The molecule has 50 heavy (non-hydrogen) atoms. The minimum absolute atomic E-state index is 0.0569. The van der Waals surface area contributed by atoms with Crippen molar-refractivity contribution in [2.45, 2.75) is 101 Å². The molecule has 18 nitrogen and oxygen atoms in total. The summed E-state index contributed by atoms with van der Waals surface area (Å²) in [5.74, 6) is -2.78. The highest BCUT2D eigenvalue weighted by atomic mass is 32.3. The molecule has 0 radical (unpaired) electrons. The van der Waals surface area contributed by atoms with E-state index < -0.39 is 57.2 Å². The highest BCUT2D eigenvalue weighted by Crippen LogP contribution is 2.36. The number of thiazole rings is 1. The molecule has 0 bridgehead atoms. The maximum absolute atomic E-state index is 13.5. The van der Waals surface area contributed by atoms with Gasteiger partial charge in [-0.2, -0.15) is 13.5 Å². The summed E-state index contributed by atoms with van der Waals surface area (Å²) in [6, 6.07) is 4.01. The Morgan fingerprint density at radius 2 is 1.90 bits per heavy atom. The second-order valence-electron chi connectivity index (χ2n) is 13.6. The molecule has 3 atom stereocenters. The van der Waals surface area contributed by atoms with E-state index >= 15 is 0 Å². The molecule has 1 saturated carbocycles. The Labute approximate surface area is 291 Å². The number of nitrogens with one attached hydrogen (secondary N) is 3. The third-order valence-electron chi connectivity index (χ3n) is 9.24. The summed E-state index contributed by atoms with van der Waals surface area (Å²) in [6.07, 6.45) is 2.96. The number of anilines is 1. The number of carbonyl (C=O) groups excluding carboxylic acids is 2. The van der Waals surface area contributed by atoms with Gasteiger partial charge >= 0.3 is 16.4 Å². The zero-order valence-corrected chi connectivity index (χ0v) is 29.4. The van der Waals surface area contributed by atoms with Crippen LogP contribution in [0, 0.1) is 5.41 Å². The number of amidine groups is 1. The molecule has 272 valence electrons. The predicted octanol–water partition coefficient (Wildman–Crippen LogP) is 1.10. The van der Waals surface area contributed by atoms with E-state index in [-0.39, 0.29) is 34.7 Å². The van der Waals surface area contributed by atoms with Crippen molar-refractivity contribution in [1.82, 2.24) is 20.7 Å². The predicted molar refractivity (Wildman–Crippen MR) is 180 cm³/mol. The molecule has 2 amide bonds. The monoisotopic (exact) mass is 736 g/mol. The average molecular weight is 737 g/mol. The lowest BCUT2D eigenvalue weighted by Crippen LogP contribution is -2.76. The number of β-lactam (4-membered cyclic amide) rings is 1. The Balaban J connectivity index is 1.31. The molecule has 3 unspecified atom stereocenters. The van der Waals surface area contributed by atoms with E-state index in [2.05, 4.69) is 25.1 Å². The third-order valence-corrected chi connectivity index (χ3v) is 10.2. The van der Waals surface area contributed by atoms with Crippen molar-refractivity contribution in [3.63, 3.8) is 0 Å². The quantitative estimate of drug-likeness (QED) is 0.0559. The summed E-state index contributed by atoms with van der Waals surface area (Å²) in [5, 5.41) is 30.3. The number of oxime groups is 1. The summed E-state index contributed by atoms with van der Waals surface area (Å²) in [7, 11) is -5.03. The fourth-order valence-corrected chi connectivity index (χ4v) is 7.04. The van der Waals surface area contributed by atoms with Crippen LogP contribution in [0.2, 0.25) is 0 Å². The van der Waals surface area contributed by atoms with Crippen LogP contribution in [0.3, 0.4) is 0 Å². The normalized spacial score (nSPS) is 26.0. The van der Waals surface area contributed by atoms with Crippen molar-refractivity contribution in [2.24, 2.45) is 10.9 Å². The molecule has 1 aromatic carbocycles. The molecule has 2 fully saturated rings. The summed E-state index contributed by atoms with van der Waals surface area (Å²) < 4.78 is 41.8. The van der Waals surface area contributed by atoms with E-state index in [4.69, 9.17) is 31.0 Å². The van der Waals surface area contributed by atoms with E-state index in [1.807, 2.05) is 13.0 Å². The fraction of sp³-hybridized carbons (Fsp3) is 0.533. The topological polar surface area (TPSA) is 282 Å². The van der Waals surface area contributed by atoms with Crippen LogP contribution in [0.4, 0.5) is 5.13 Å². The van der Waals surface area contributed by atoms with Gasteiger partial charge in [0.1, 0.15) is 23.3 Å². The minimum atomic E-state index is -5.03. The van der Waals surface area contributed by atoms with Gasteiger partial charge in [-0.25, -0.2) is 9.78 Å². The van der Waals surface area contributed by atoms with Crippen molar-refractivity contribution >= 4 is 56.2 Å². The zero-order chi connectivity index (χ0) is 36.8. The standard InChI is InChI=1S/C30H40N8O10S2/c1-28(2)22(25(40)38(28)48-50(43,44)45)36-24(39)21(18-14-49-27(32)35-18)37-47-30(4,26(41)42)20-8-6-15-13-16(5-7-19(15)46-20)23(31)34-17-9-11-29(3,33)12-10-17/h5,7,13-14,17,20,22H,6,8-12,33H2,1-4H3,(H2,31,34)(H2,32,35)(H,36,39)(H,41,42)(H,43,44,45). The molecule has 3 heterocycles. The number of aliphatic carboxylic acids is 1. The van der Waals surface area contributed by atoms with Crippen LogP contribution in [0.5, 0.6) is 5.75 Å². The number of nitrogen functional groups attached to an aromatic ring is 1. The summed E-state index contributed by atoms with van der Waals surface area (Å²) in [6.45, 7) is 6.02. The number of carboxylic acids is 1. The number of benzene rings is 1. The number of hydrogen-bond acceptors (Lipinski definition) is 14. The molecular weight excluding hydrogens is 697 g/mol. The first-order valence-electron chi connectivity index (χ1n) is 15.7. The second kappa shape index (κ2) is 13.4. The summed E-state index contributed by atoms with van der Waals surface area (Å²) in [4.78, 5) is 48.4. The highest BCUT2D eigenvalue weighted by Gasteiger charge is 2.58. The molecule has 9 N–H and O–H groups in total. The van der Waals surface area contributed by atoms with Gasteiger partial charge in [-0.3, -0.25) is 19.6 Å². The minimum Gasteiger partial charge on any atom is -0.485 e. The summed E-state index contributed by atoms with van der Waals surface area (Å²) >= 11 is 0.963. The first-order chi connectivity index (χ1) is 23.2. The van der Waals surface area contributed by atoms with Gasteiger partial charge in [0.15, 0.2) is 16.9 Å². The lowest BCUT2D eigenvalue weighted by atomic mass is 9.81. The number of amides is 2. The molecule has 1 aromatic heterocycles. The number of carbonyl (C=O) groups is 3. The van der Waals surface area contributed by atoms with Gasteiger partial charge < -0.3 is 36.8 Å². The number of hydroxylamine groups is 2. The Hall–Kier alpha value is -4.37. The number of nitrogens with two attached hydrogens (primary N) is 2. The third kappa shape index (κ3) is 7.68. The van der Waals surface area contributed by atoms with Crippen LogP contribution in [0.1, 0.15) is 76.6 Å². The summed E-state index contributed by atoms with van der Waals surface area (Å²) in [5.41, 5.74) is 9.07. The molecule has 20 heteroatoms. The van der Waals surface area contributed by atoms with Crippen molar-refractivity contribution in [1.29, 1.82) is 5.41 Å². The number of aromatic nitrogens is 1. The lowest BCUT2D eigenvalue weighted by Gasteiger charge is -2.50. The SMILES string of the molecule is CC1(N)CCC(NC(=N)c2ccc3c(c2)CCC(C(C)(ON=C(C(=O)NC2C(=O)N(OS(=O)(=O)O)C2(C)C)c2csc(N)n2)C(=O)O)O3)CC1. The van der Waals surface area contributed by atoms with Gasteiger partial charge in [0.05, 0.1) is 5.54 Å². The number of rotatable bonds is 11. The first-order valence-corrected chi connectivity index (χ1v) is 17.9. The number of ether oxygens (including phenoxy) is 1. The van der Waals surface area contributed by atoms with Gasteiger partial charge in [-0.05, 0) is 90.0 Å². The van der Waals surface area contributed by atoms with Crippen LogP contribution in [0.25, 0.3) is 0 Å². The van der Waals surface area contributed by atoms with Crippen molar-refractivity contribution in [2.75, 3.05) is 5.73 Å². The molecule has 0 spiro atoms. The smallest absolute Gasteiger partial charge is 0.418 e. The molecule has 1 saturated heterocycles. The van der Waals surface area contributed by atoms with Crippen LogP contribution in [0.15, 0.2) is 28.7 Å². The number of nitrogens with zero attached hydrogens (tertiary/aromatic N) is 3. The van der Waals surface area contributed by atoms with E-state index in [1.165, 1.54) is 26.2 Å². The largest absolute Gasteiger partial charge is 0.485 e. The fourth-order valence-electron chi connectivity index (χ4n) is 6.04. The van der Waals surface area contributed by atoms with E-state index in [9.17, 15) is 27.9 Å². The Bertz CT molecular complexity index is 1840. The molecule has 2 aromatic rings. The molecule has 5 rings (SSSR count). The van der Waals surface area contributed by atoms with Gasteiger partial charge in [0.25, 0.3) is 17.4 Å². The van der Waals surface area contributed by atoms with Crippen molar-refractivity contribution in [3.05, 3.63) is 40.4 Å². The number of carboxylic acid groups (broad SMARTS) is 1. The van der Waals surface area contributed by atoms with Crippen LogP contribution in [-0.2, 0) is 40.3 Å². The van der Waals surface area contributed by atoms with E-state index in [0.717, 1.165) is 42.6 Å². The number of fused-ring (bicyclic) bond motifs is 1. The van der Waals surface area contributed by atoms with Gasteiger partial charge in [-0.1, -0.05) is 5.16 Å². The first kappa shape index (κ1) is 36.9. The van der Waals surface area contributed by atoms with Crippen LogP contribution in [-0.4, -0.2) is 92.3 Å². The van der Waals surface area contributed by atoms with Crippen LogP contribution >= 0.6 is 11.3 Å². The molecule has 2 aliphatic heterocycles. The molecule has 3 aliphatic rings. The van der Waals surface area contributed by atoms with Crippen molar-refractivity contribution in [3.8, 4) is 5.75 Å². The average Bonchev–Trinajstić information content (AvgIpc) is 3.47. The molecule has 1 aliphatic carbocycles. The highest BCUT2D eigenvalue weighted by molar-refractivity contribution is 7.80. The molecular formula is C30H40N8O10S2. The second-order valence-corrected chi connectivity index (χ2v) is 15.5. The maximum Gasteiger partial charge on any atom is 0.418 e. The van der Waals surface area contributed by atoms with E-state index in [1.54, 1.807) is 12.1 Å². The maximum atomic E-state index is 13.5. The van der Waals surface area contributed by atoms with Gasteiger partial charge in [-0.15, -0.1) is 15.6 Å². The number of hydrogen-bond donors (Lipinski definition) is 7. The Morgan fingerprint density at radius 3 is 2.48 bits per heavy atom. The van der Waals surface area contributed by atoms with Crippen molar-refractivity contribution < 1.29 is 46.3 Å². The lowest BCUT2D eigenvalue weighted by molar-refractivity contribution is -0.218. The van der Waals surface area contributed by atoms with Gasteiger partial charge in [0, 0.05) is 22.5 Å². The van der Waals surface area contributed by atoms with Gasteiger partial charge in [0.2, 0.25) is 0 Å².